The minimum absolute atomic E-state index is 0.261. The van der Waals surface area contributed by atoms with Crippen LogP contribution in [0.5, 0.6) is 0 Å². The molecule has 0 spiro atoms. The quantitative estimate of drug-likeness (QED) is 0.377. The summed E-state index contributed by atoms with van der Waals surface area (Å²) in [6, 6.07) is 0. The fraction of sp³-hybridized carbons (Fsp3) is 0.500. The van der Waals surface area contributed by atoms with E-state index in [1.165, 1.54) is 0 Å². The second-order valence-electron chi connectivity index (χ2n) is 2.29. The highest BCUT2D eigenvalue weighted by Gasteiger charge is 2.38. The number of fused-ring (bicyclic) bond motifs is 1. The van der Waals surface area contributed by atoms with Crippen molar-refractivity contribution in [3.8, 4) is 0 Å². The first kappa shape index (κ1) is 6.97. The van der Waals surface area contributed by atoms with Crippen molar-refractivity contribution >= 4 is 40.3 Å². The molecule has 0 aromatic carbocycles. The van der Waals surface area contributed by atoms with E-state index < -0.39 is 0 Å². The Morgan fingerprint density at radius 1 is 1.80 bits per heavy atom. The van der Waals surface area contributed by atoms with Gasteiger partial charge in [-0.05, 0) is 6.08 Å². The van der Waals surface area contributed by atoms with Crippen LogP contribution in [0.3, 0.4) is 0 Å². The highest BCUT2D eigenvalue weighted by molar-refractivity contribution is 14.1. The summed E-state index contributed by atoms with van der Waals surface area (Å²) >= 11 is 4.21. The van der Waals surface area contributed by atoms with Gasteiger partial charge in [0.2, 0.25) is 5.91 Å². The second-order valence-corrected chi connectivity index (χ2v) is 5.80. The summed E-state index contributed by atoms with van der Waals surface area (Å²) in [5.74, 6) is 0.261. The van der Waals surface area contributed by atoms with Crippen molar-refractivity contribution in [2.45, 2.75) is 15.1 Å². The lowest BCUT2D eigenvalue weighted by Gasteiger charge is -2.40. The fourth-order valence-corrected chi connectivity index (χ4v) is 3.27. The van der Waals surface area contributed by atoms with Gasteiger partial charge in [-0.25, -0.2) is 0 Å². The van der Waals surface area contributed by atoms with Gasteiger partial charge in [-0.3, -0.25) is 4.79 Å². The molecular weight excluding hydrogens is 261 g/mol. The molecule has 2 atom stereocenters. The minimum atomic E-state index is 0.261. The van der Waals surface area contributed by atoms with E-state index in [1.807, 2.05) is 18.0 Å². The van der Waals surface area contributed by atoms with Gasteiger partial charge in [0.25, 0.3) is 0 Å². The summed E-state index contributed by atoms with van der Waals surface area (Å²) in [5, 5.41) is 0.444. The third-order valence-electron chi connectivity index (χ3n) is 1.63. The van der Waals surface area contributed by atoms with Crippen molar-refractivity contribution in [1.29, 1.82) is 0 Å². The molecule has 2 nitrogen and oxygen atoms in total. The zero-order valence-electron chi connectivity index (χ0n) is 5.16. The van der Waals surface area contributed by atoms with Crippen molar-refractivity contribution in [2.24, 2.45) is 0 Å². The number of nitrogens with zero attached hydrogens (tertiary/aromatic N) is 1. The Balaban J connectivity index is 2.14. The van der Waals surface area contributed by atoms with Gasteiger partial charge in [-0.2, -0.15) is 0 Å². The highest BCUT2D eigenvalue weighted by Crippen LogP contribution is 2.38. The zero-order chi connectivity index (χ0) is 7.14. The molecule has 10 heavy (non-hydrogen) atoms. The summed E-state index contributed by atoms with van der Waals surface area (Å²) in [7, 11) is 0. The highest BCUT2D eigenvalue weighted by atomic mass is 127. The molecule has 54 valence electrons. The number of carbonyl (C=O) groups is 1. The average molecular weight is 267 g/mol. The van der Waals surface area contributed by atoms with Crippen LogP contribution in [0.15, 0.2) is 12.3 Å². The number of halogens is 1. The molecular formula is C6H6INOS. The molecule has 0 radical (unpaired) electrons. The van der Waals surface area contributed by atoms with Crippen LogP contribution < -0.4 is 0 Å². The van der Waals surface area contributed by atoms with Crippen LogP contribution in [-0.4, -0.2) is 19.4 Å². The van der Waals surface area contributed by atoms with Crippen molar-refractivity contribution in [3.63, 3.8) is 0 Å². The number of alkyl halides is 1. The summed E-state index contributed by atoms with van der Waals surface area (Å²) in [6.45, 7) is 0. The van der Waals surface area contributed by atoms with Crippen molar-refractivity contribution in [1.82, 2.24) is 4.90 Å². The smallest absolute Gasteiger partial charge is 0.230 e. The van der Waals surface area contributed by atoms with Gasteiger partial charge in [0.1, 0.15) is 0 Å². The maximum absolute atomic E-state index is 10.8. The lowest BCUT2D eigenvalue weighted by Crippen LogP contribution is -2.48. The van der Waals surface area contributed by atoms with Gasteiger partial charge in [0.15, 0.2) is 0 Å². The third-order valence-corrected chi connectivity index (χ3v) is 4.05. The Labute approximate surface area is 77.2 Å². The predicted molar refractivity (Wildman–Crippen MR) is 49.8 cm³/mol. The van der Waals surface area contributed by atoms with Crippen molar-refractivity contribution in [3.05, 3.63) is 12.3 Å². The Morgan fingerprint density at radius 3 is 3.20 bits per heavy atom. The number of thioether (sulfide) groups is 1. The van der Waals surface area contributed by atoms with Gasteiger partial charge in [-0.1, -0.05) is 22.6 Å². The van der Waals surface area contributed by atoms with E-state index in [2.05, 4.69) is 28.7 Å². The fourth-order valence-electron chi connectivity index (χ4n) is 1.05. The van der Waals surface area contributed by atoms with E-state index in [9.17, 15) is 4.79 Å². The summed E-state index contributed by atoms with van der Waals surface area (Å²) in [4.78, 5) is 12.6. The summed E-state index contributed by atoms with van der Waals surface area (Å²) in [6.07, 6.45) is 4.69. The van der Waals surface area contributed by atoms with E-state index in [-0.39, 0.29) is 5.91 Å². The van der Waals surface area contributed by atoms with E-state index in [1.54, 1.807) is 4.90 Å². The molecule has 2 rings (SSSR count). The van der Waals surface area contributed by atoms with Gasteiger partial charge in [-0.15, -0.1) is 11.8 Å². The van der Waals surface area contributed by atoms with E-state index >= 15 is 0 Å². The van der Waals surface area contributed by atoms with Crippen LogP contribution in [0.1, 0.15) is 6.42 Å². The van der Waals surface area contributed by atoms with E-state index in [0.29, 0.717) is 8.63 Å². The number of rotatable bonds is 0. The normalized spacial score (nSPS) is 37.3. The first-order chi connectivity index (χ1) is 4.77. The minimum Gasteiger partial charge on any atom is -0.306 e. The molecule has 2 heterocycles. The molecule has 0 aromatic rings. The third kappa shape index (κ3) is 0.972. The molecule has 1 fully saturated rings. The lowest BCUT2D eigenvalue weighted by atomic mass is 10.2. The van der Waals surface area contributed by atoms with Gasteiger partial charge >= 0.3 is 0 Å². The average Bonchev–Trinajstić information content (AvgIpc) is 1.86. The number of hydrogen-bond donors (Lipinski definition) is 0. The predicted octanol–water partition coefficient (Wildman–Crippen LogP) is 1.57. The number of amides is 1. The second kappa shape index (κ2) is 2.41. The molecule has 0 aliphatic carbocycles. The number of β-lactam (4-membered cyclic amide) rings is 1. The molecule has 2 aliphatic heterocycles. The lowest BCUT2D eigenvalue weighted by molar-refractivity contribution is -0.137. The van der Waals surface area contributed by atoms with Crippen LogP contribution in [0.25, 0.3) is 0 Å². The van der Waals surface area contributed by atoms with Gasteiger partial charge in [0.05, 0.1) is 15.1 Å². The van der Waals surface area contributed by atoms with Crippen molar-refractivity contribution in [2.75, 3.05) is 0 Å². The summed E-state index contributed by atoms with van der Waals surface area (Å²) < 4.78 is 0.548. The van der Waals surface area contributed by atoms with Crippen LogP contribution in [-0.2, 0) is 4.79 Å². The van der Waals surface area contributed by atoms with E-state index in [0.717, 1.165) is 6.42 Å². The van der Waals surface area contributed by atoms with Crippen LogP contribution >= 0.6 is 34.4 Å². The maximum atomic E-state index is 10.8. The zero-order valence-corrected chi connectivity index (χ0v) is 8.13. The molecule has 2 aliphatic rings. The topological polar surface area (TPSA) is 20.3 Å². The van der Waals surface area contributed by atoms with Crippen LogP contribution in [0.4, 0.5) is 0 Å². The number of hydrogen-bond acceptors (Lipinski definition) is 2. The maximum Gasteiger partial charge on any atom is 0.230 e. The number of carbonyl (C=O) groups excluding carboxylic acids is 1. The molecule has 0 aromatic heterocycles. The molecule has 1 amide bonds. The molecule has 0 bridgehead atoms. The monoisotopic (exact) mass is 267 g/mol. The largest absolute Gasteiger partial charge is 0.306 e. The molecule has 0 N–H and O–H groups in total. The molecule has 1 unspecified atom stereocenters. The Morgan fingerprint density at radius 2 is 2.60 bits per heavy atom. The molecule has 0 saturated carbocycles. The van der Waals surface area contributed by atoms with E-state index in [4.69, 9.17) is 0 Å². The van der Waals surface area contributed by atoms with Crippen LogP contribution in [0, 0.1) is 0 Å². The van der Waals surface area contributed by atoms with Gasteiger partial charge < -0.3 is 4.90 Å². The standard InChI is InChI=1S/C6H6INOS/c7-4-1-2-8-5(9)3-6(8)10-4/h1-2,4,6H,3H2/t4?,6-/m1/s1. The SMILES string of the molecule is O=C1C[C@H]2SC(I)C=CN12. The summed E-state index contributed by atoms with van der Waals surface area (Å²) in [5.41, 5.74) is 0. The first-order valence-electron chi connectivity index (χ1n) is 3.06. The Bertz CT molecular complexity index is 206. The Hall–Kier alpha value is 0.290. The Kier molecular flexibility index (Phi) is 1.68. The molecule has 1 saturated heterocycles. The molecule has 4 heteroatoms. The van der Waals surface area contributed by atoms with Crippen molar-refractivity contribution < 1.29 is 4.79 Å². The first-order valence-corrected chi connectivity index (χ1v) is 5.25. The van der Waals surface area contributed by atoms with Gasteiger partial charge in [0, 0.05) is 6.20 Å². The van der Waals surface area contributed by atoms with Crippen LogP contribution in [0.2, 0.25) is 0 Å².